The summed E-state index contributed by atoms with van der Waals surface area (Å²) in [5, 5.41) is 9.76. The first-order chi connectivity index (χ1) is 15.3. The van der Waals surface area contributed by atoms with Gasteiger partial charge in [-0.2, -0.15) is 18.3 Å². The van der Waals surface area contributed by atoms with Crippen molar-refractivity contribution in [2.45, 2.75) is 30.1 Å². The van der Waals surface area contributed by atoms with E-state index in [9.17, 15) is 22.8 Å². The van der Waals surface area contributed by atoms with Gasteiger partial charge in [0.05, 0.1) is 17.0 Å². The van der Waals surface area contributed by atoms with E-state index < -0.39 is 17.6 Å². The highest BCUT2D eigenvalue weighted by Gasteiger charge is 2.33. The smallest absolute Gasteiger partial charge is 0.348 e. The van der Waals surface area contributed by atoms with Crippen LogP contribution in [-0.2, 0) is 11.0 Å². The number of rotatable bonds is 7. The molecule has 1 fully saturated rings. The first kappa shape index (κ1) is 21.8. The molecular formula is C20H17F3N6O2S. The first-order valence-corrected chi connectivity index (χ1v) is 10.6. The Morgan fingerprint density at radius 1 is 1.16 bits per heavy atom. The van der Waals surface area contributed by atoms with Crippen LogP contribution in [0, 0.1) is 0 Å². The molecule has 3 aromatic rings. The molecule has 1 aromatic carbocycles. The third-order valence-corrected chi connectivity index (χ3v) is 5.38. The summed E-state index contributed by atoms with van der Waals surface area (Å²) in [6.07, 6.45) is 0.221. The van der Waals surface area contributed by atoms with Crippen molar-refractivity contribution in [2.75, 3.05) is 11.1 Å². The highest BCUT2D eigenvalue weighted by Crippen LogP contribution is 2.34. The normalized spacial score (nSPS) is 13.6. The molecule has 4 rings (SSSR count). The molecule has 0 aliphatic heterocycles. The molecule has 0 unspecified atom stereocenters. The zero-order chi connectivity index (χ0) is 22.7. The Balaban J connectivity index is 1.38. The van der Waals surface area contributed by atoms with Gasteiger partial charge in [-0.05, 0) is 31.0 Å². The van der Waals surface area contributed by atoms with Crippen molar-refractivity contribution >= 4 is 29.3 Å². The molecule has 1 aliphatic carbocycles. The third-order valence-electron chi connectivity index (χ3n) is 4.45. The monoisotopic (exact) mass is 462 g/mol. The summed E-state index contributed by atoms with van der Waals surface area (Å²) in [6.45, 7) is 0. The maximum atomic E-state index is 13.1. The second-order valence-corrected chi connectivity index (χ2v) is 7.98. The van der Waals surface area contributed by atoms with Crippen LogP contribution >= 0.6 is 11.8 Å². The van der Waals surface area contributed by atoms with E-state index in [-0.39, 0.29) is 29.1 Å². The van der Waals surface area contributed by atoms with Gasteiger partial charge in [0, 0.05) is 18.3 Å². The summed E-state index contributed by atoms with van der Waals surface area (Å²) in [5.74, 6) is -0.636. The van der Waals surface area contributed by atoms with Gasteiger partial charge >= 0.3 is 6.18 Å². The van der Waals surface area contributed by atoms with Crippen LogP contribution in [0.5, 0.6) is 0 Å². The van der Waals surface area contributed by atoms with Gasteiger partial charge in [0.2, 0.25) is 5.91 Å². The van der Waals surface area contributed by atoms with Crippen molar-refractivity contribution in [3.63, 3.8) is 0 Å². The number of amides is 2. The predicted octanol–water partition coefficient (Wildman–Crippen LogP) is 3.30. The first-order valence-electron chi connectivity index (χ1n) is 9.57. The van der Waals surface area contributed by atoms with Crippen LogP contribution in [0.3, 0.4) is 0 Å². The van der Waals surface area contributed by atoms with E-state index in [0.29, 0.717) is 10.8 Å². The molecular weight excluding hydrogens is 445 g/mol. The molecule has 2 amide bonds. The van der Waals surface area contributed by atoms with E-state index in [1.54, 1.807) is 18.3 Å². The van der Waals surface area contributed by atoms with Crippen LogP contribution in [0.2, 0.25) is 0 Å². The second-order valence-electron chi connectivity index (χ2n) is 6.99. The number of halogens is 3. The average molecular weight is 462 g/mol. The van der Waals surface area contributed by atoms with Crippen molar-refractivity contribution in [3.8, 4) is 5.82 Å². The highest BCUT2D eigenvalue weighted by atomic mass is 32.2. The fraction of sp³-hybridized carbons (Fsp3) is 0.250. The molecule has 2 aromatic heterocycles. The summed E-state index contributed by atoms with van der Waals surface area (Å²) >= 11 is 1.03. The maximum Gasteiger partial charge on any atom is 0.418 e. The molecule has 1 aliphatic rings. The van der Waals surface area contributed by atoms with Crippen LogP contribution < -0.4 is 10.6 Å². The van der Waals surface area contributed by atoms with E-state index in [4.69, 9.17) is 0 Å². The Kier molecular flexibility index (Phi) is 6.12. The summed E-state index contributed by atoms with van der Waals surface area (Å²) in [7, 11) is 0. The van der Waals surface area contributed by atoms with Gasteiger partial charge in [-0.15, -0.1) is 0 Å². The summed E-state index contributed by atoms with van der Waals surface area (Å²) in [6, 6.07) is 8.12. The Hall–Kier alpha value is -3.41. The van der Waals surface area contributed by atoms with Crippen LogP contribution in [0.1, 0.15) is 28.9 Å². The van der Waals surface area contributed by atoms with Gasteiger partial charge in [0.15, 0.2) is 11.5 Å². The molecule has 0 saturated heterocycles. The zero-order valence-electron chi connectivity index (χ0n) is 16.5. The van der Waals surface area contributed by atoms with Crippen LogP contribution in [-0.4, -0.2) is 43.4 Å². The van der Waals surface area contributed by atoms with Crippen LogP contribution in [0.25, 0.3) is 5.82 Å². The number of carbonyl (C=O) groups is 2. The summed E-state index contributed by atoms with van der Waals surface area (Å²) < 4.78 is 40.6. The van der Waals surface area contributed by atoms with Crippen LogP contribution in [0.15, 0.2) is 53.9 Å². The Bertz CT molecular complexity index is 1150. The largest absolute Gasteiger partial charge is 0.418 e. The minimum Gasteiger partial charge on any atom is -0.348 e. The lowest BCUT2D eigenvalue weighted by atomic mass is 10.1. The fourth-order valence-electron chi connectivity index (χ4n) is 2.76. The Labute approximate surface area is 184 Å². The predicted molar refractivity (Wildman–Crippen MR) is 110 cm³/mol. The molecule has 32 heavy (non-hydrogen) atoms. The lowest BCUT2D eigenvalue weighted by molar-refractivity contribution is -0.137. The minimum atomic E-state index is -4.57. The Morgan fingerprint density at radius 3 is 2.69 bits per heavy atom. The van der Waals surface area contributed by atoms with E-state index in [1.165, 1.54) is 29.2 Å². The number of carbonyl (C=O) groups excluding carboxylic acids is 2. The Morgan fingerprint density at radius 2 is 1.94 bits per heavy atom. The van der Waals surface area contributed by atoms with Gasteiger partial charge in [0.1, 0.15) is 11.4 Å². The van der Waals surface area contributed by atoms with E-state index >= 15 is 0 Å². The third kappa shape index (κ3) is 5.44. The molecule has 2 N–H and O–H groups in total. The number of hydrogen-bond donors (Lipinski definition) is 2. The van der Waals surface area contributed by atoms with Crippen molar-refractivity contribution in [1.29, 1.82) is 0 Å². The van der Waals surface area contributed by atoms with E-state index in [1.807, 2.05) is 0 Å². The molecule has 0 bridgehead atoms. The molecule has 0 spiro atoms. The zero-order valence-corrected chi connectivity index (χ0v) is 17.3. The van der Waals surface area contributed by atoms with Crippen molar-refractivity contribution in [2.24, 2.45) is 0 Å². The number of aromatic nitrogens is 4. The number of para-hydroxylation sites is 1. The number of anilines is 1. The standard InChI is InChI=1S/C20H17F3N6O2S/c21-20(22,23)13-3-1-2-4-14(13)27-17(30)10-32-18-9-16(24-11-25-18)29-8-7-15(28-29)19(31)26-12-5-6-12/h1-4,7-9,11-12H,5-6,10H2,(H,26,31)(H,27,30). The lowest BCUT2D eigenvalue weighted by Gasteiger charge is -2.13. The number of alkyl halides is 3. The summed E-state index contributed by atoms with van der Waals surface area (Å²) in [4.78, 5) is 32.4. The quantitative estimate of drug-likeness (QED) is 0.413. The van der Waals surface area contributed by atoms with Crippen molar-refractivity contribution in [1.82, 2.24) is 25.1 Å². The van der Waals surface area contributed by atoms with Gasteiger partial charge in [0.25, 0.3) is 5.91 Å². The molecule has 2 heterocycles. The van der Waals surface area contributed by atoms with Crippen LogP contribution in [0.4, 0.5) is 18.9 Å². The van der Waals surface area contributed by atoms with E-state index in [0.717, 1.165) is 30.7 Å². The van der Waals surface area contributed by atoms with Gasteiger partial charge in [-0.1, -0.05) is 23.9 Å². The minimum absolute atomic E-state index is 0.156. The number of nitrogens with one attached hydrogen (secondary N) is 2. The molecule has 12 heteroatoms. The molecule has 0 radical (unpaired) electrons. The number of nitrogens with zero attached hydrogens (tertiary/aromatic N) is 4. The summed E-state index contributed by atoms with van der Waals surface area (Å²) in [5.41, 5.74) is -0.960. The second kappa shape index (κ2) is 8.99. The maximum absolute atomic E-state index is 13.1. The van der Waals surface area contributed by atoms with Gasteiger partial charge in [-0.25, -0.2) is 14.6 Å². The molecule has 166 valence electrons. The molecule has 1 saturated carbocycles. The average Bonchev–Trinajstić information content (AvgIpc) is 3.43. The van der Waals surface area contributed by atoms with Gasteiger partial charge < -0.3 is 10.6 Å². The topological polar surface area (TPSA) is 102 Å². The van der Waals surface area contributed by atoms with Crippen molar-refractivity contribution in [3.05, 3.63) is 60.2 Å². The van der Waals surface area contributed by atoms with Crippen molar-refractivity contribution < 1.29 is 22.8 Å². The fourth-order valence-corrected chi connectivity index (χ4v) is 3.42. The number of benzene rings is 1. The molecule has 0 atom stereocenters. The SMILES string of the molecule is O=C(CSc1cc(-n2ccc(C(=O)NC3CC3)n2)ncn1)Nc1ccccc1C(F)(F)F. The molecule has 8 nitrogen and oxygen atoms in total. The lowest BCUT2D eigenvalue weighted by Crippen LogP contribution is -2.25. The highest BCUT2D eigenvalue weighted by molar-refractivity contribution is 7.99. The number of hydrogen-bond acceptors (Lipinski definition) is 6. The van der Waals surface area contributed by atoms with Gasteiger partial charge in [-0.3, -0.25) is 9.59 Å². The number of thioether (sulfide) groups is 1. The van der Waals surface area contributed by atoms with E-state index in [2.05, 4.69) is 25.7 Å².